The average Bonchev–Trinajstić information content (AvgIpc) is 2.88. The van der Waals surface area contributed by atoms with Crippen LogP contribution in [0.5, 0.6) is 5.75 Å². The molecule has 1 aromatic rings. The first kappa shape index (κ1) is 15.1. The number of hydrogen-bond acceptors (Lipinski definition) is 3. The van der Waals surface area contributed by atoms with Crippen LogP contribution >= 0.6 is 11.6 Å². The molecular formula is C15H19ClO4. The van der Waals surface area contributed by atoms with Gasteiger partial charge in [0.1, 0.15) is 5.75 Å². The number of hydrogen-bond donors (Lipinski definition) is 1. The normalized spacial score (nSPS) is 17.1. The minimum Gasteiger partial charge on any atom is -0.496 e. The molecule has 0 saturated heterocycles. The molecule has 0 aliphatic heterocycles. The fraction of sp³-hybridized carbons (Fsp3) is 0.533. The Morgan fingerprint density at radius 2 is 2.00 bits per heavy atom. The molecule has 1 saturated carbocycles. The van der Waals surface area contributed by atoms with Crippen molar-refractivity contribution in [1.82, 2.24) is 0 Å². The van der Waals surface area contributed by atoms with Gasteiger partial charge in [-0.15, -0.1) is 0 Å². The Kier molecular flexibility index (Phi) is 4.55. The molecular weight excluding hydrogens is 280 g/mol. The fourth-order valence-electron chi connectivity index (χ4n) is 3.16. The van der Waals surface area contributed by atoms with Crippen molar-refractivity contribution in [2.24, 2.45) is 0 Å². The van der Waals surface area contributed by atoms with E-state index in [1.54, 1.807) is 19.2 Å². The molecule has 1 aromatic carbocycles. The Labute approximate surface area is 123 Å². The van der Waals surface area contributed by atoms with E-state index in [1.807, 2.05) is 0 Å². The zero-order valence-electron chi connectivity index (χ0n) is 11.7. The summed E-state index contributed by atoms with van der Waals surface area (Å²) >= 11 is 6.09. The number of methoxy groups -OCH3 is 2. The SMILES string of the molecule is COCc1cc(Cl)cc(OC)c1C1(C(=O)O)CCCC1. The molecule has 5 heteroatoms. The highest BCUT2D eigenvalue weighted by Crippen LogP contribution is 2.47. The lowest BCUT2D eigenvalue weighted by molar-refractivity contribution is -0.143. The Hall–Kier alpha value is -1.26. The molecule has 0 spiro atoms. The van der Waals surface area contributed by atoms with Gasteiger partial charge < -0.3 is 14.6 Å². The molecule has 0 radical (unpaired) electrons. The van der Waals surface area contributed by atoms with E-state index in [9.17, 15) is 9.90 Å². The van der Waals surface area contributed by atoms with E-state index in [4.69, 9.17) is 21.1 Å². The van der Waals surface area contributed by atoms with Crippen LogP contribution in [-0.4, -0.2) is 25.3 Å². The highest BCUT2D eigenvalue weighted by atomic mass is 35.5. The van der Waals surface area contributed by atoms with E-state index in [2.05, 4.69) is 0 Å². The Morgan fingerprint density at radius 1 is 1.35 bits per heavy atom. The van der Waals surface area contributed by atoms with Crippen molar-refractivity contribution in [1.29, 1.82) is 0 Å². The van der Waals surface area contributed by atoms with Gasteiger partial charge in [0.05, 0.1) is 19.1 Å². The van der Waals surface area contributed by atoms with Gasteiger partial charge in [-0.3, -0.25) is 4.79 Å². The van der Waals surface area contributed by atoms with E-state index < -0.39 is 11.4 Å². The van der Waals surface area contributed by atoms with Crippen LogP contribution in [0.3, 0.4) is 0 Å². The highest BCUT2D eigenvalue weighted by Gasteiger charge is 2.46. The van der Waals surface area contributed by atoms with Crippen LogP contribution in [0.1, 0.15) is 36.8 Å². The third-order valence-corrected chi connectivity index (χ3v) is 4.23. The topological polar surface area (TPSA) is 55.8 Å². The Balaban J connectivity index is 2.66. The van der Waals surface area contributed by atoms with E-state index in [1.165, 1.54) is 7.11 Å². The molecule has 1 N–H and O–H groups in total. The molecule has 0 heterocycles. The first-order valence-corrected chi connectivity index (χ1v) is 7.02. The smallest absolute Gasteiger partial charge is 0.314 e. The van der Waals surface area contributed by atoms with Crippen LogP contribution in [-0.2, 0) is 21.6 Å². The van der Waals surface area contributed by atoms with Gasteiger partial charge in [-0.1, -0.05) is 24.4 Å². The second kappa shape index (κ2) is 6.02. The van der Waals surface area contributed by atoms with Crippen molar-refractivity contribution in [3.05, 3.63) is 28.3 Å². The summed E-state index contributed by atoms with van der Waals surface area (Å²) in [5.41, 5.74) is 0.626. The maximum absolute atomic E-state index is 11.9. The third-order valence-electron chi connectivity index (χ3n) is 4.01. The first-order valence-electron chi connectivity index (χ1n) is 6.64. The Morgan fingerprint density at radius 3 is 2.50 bits per heavy atom. The largest absolute Gasteiger partial charge is 0.496 e. The predicted molar refractivity (Wildman–Crippen MR) is 76.5 cm³/mol. The number of rotatable bonds is 5. The van der Waals surface area contributed by atoms with Crippen molar-refractivity contribution in [3.63, 3.8) is 0 Å². The number of carboxylic acid groups (broad SMARTS) is 1. The van der Waals surface area contributed by atoms with Gasteiger partial charge in [0, 0.05) is 17.7 Å². The monoisotopic (exact) mass is 298 g/mol. The third kappa shape index (κ3) is 2.50. The van der Waals surface area contributed by atoms with Gasteiger partial charge in [0.25, 0.3) is 0 Å². The van der Waals surface area contributed by atoms with E-state index in [0.717, 1.165) is 24.0 Å². The first-order chi connectivity index (χ1) is 9.55. The summed E-state index contributed by atoms with van der Waals surface area (Å²) < 4.78 is 10.6. The molecule has 0 atom stereocenters. The van der Waals surface area contributed by atoms with Crippen molar-refractivity contribution in [2.45, 2.75) is 37.7 Å². The van der Waals surface area contributed by atoms with Crippen LogP contribution in [0, 0.1) is 0 Å². The van der Waals surface area contributed by atoms with E-state index >= 15 is 0 Å². The minimum absolute atomic E-state index is 0.321. The van der Waals surface area contributed by atoms with Crippen LogP contribution in [0.25, 0.3) is 0 Å². The molecule has 110 valence electrons. The minimum atomic E-state index is -0.885. The summed E-state index contributed by atoms with van der Waals surface area (Å²) in [5.74, 6) is -0.262. The molecule has 20 heavy (non-hydrogen) atoms. The van der Waals surface area contributed by atoms with Crippen molar-refractivity contribution in [2.75, 3.05) is 14.2 Å². The summed E-state index contributed by atoms with van der Waals surface area (Å²) in [5, 5.41) is 10.3. The molecule has 0 unspecified atom stereocenters. The van der Waals surface area contributed by atoms with Gasteiger partial charge in [0.15, 0.2) is 0 Å². The predicted octanol–water partition coefficient (Wildman–Crippen LogP) is 3.39. The summed E-state index contributed by atoms with van der Waals surface area (Å²) in [6, 6.07) is 3.45. The molecule has 0 aromatic heterocycles. The summed E-state index contributed by atoms with van der Waals surface area (Å²) in [6.07, 6.45) is 3.06. The second-order valence-electron chi connectivity index (χ2n) is 5.17. The number of carboxylic acids is 1. The Bertz CT molecular complexity index is 507. The summed E-state index contributed by atoms with van der Waals surface area (Å²) in [6.45, 7) is 0.321. The van der Waals surface area contributed by atoms with Crippen LogP contribution < -0.4 is 4.74 Å². The van der Waals surface area contributed by atoms with Crippen LogP contribution in [0.15, 0.2) is 12.1 Å². The molecule has 0 bridgehead atoms. The van der Waals surface area contributed by atoms with Crippen LogP contribution in [0.4, 0.5) is 0 Å². The molecule has 1 aliphatic rings. The quantitative estimate of drug-likeness (QED) is 0.905. The lowest BCUT2D eigenvalue weighted by atomic mass is 9.76. The number of carbonyl (C=O) groups is 1. The highest BCUT2D eigenvalue weighted by molar-refractivity contribution is 6.30. The number of halogens is 1. The zero-order valence-corrected chi connectivity index (χ0v) is 12.5. The zero-order chi connectivity index (χ0) is 14.8. The molecule has 1 aliphatic carbocycles. The standard InChI is InChI=1S/C15H19ClO4/c1-19-9-10-7-11(16)8-12(20-2)13(10)15(14(17)18)5-3-4-6-15/h7-8H,3-6,9H2,1-2H3,(H,17,18). The maximum atomic E-state index is 11.9. The van der Waals surface area contributed by atoms with Gasteiger partial charge in [-0.05, 0) is 30.5 Å². The number of benzene rings is 1. The van der Waals surface area contributed by atoms with Crippen molar-refractivity contribution in [3.8, 4) is 5.75 Å². The molecule has 4 nitrogen and oxygen atoms in total. The second-order valence-corrected chi connectivity index (χ2v) is 5.61. The van der Waals surface area contributed by atoms with Crippen molar-refractivity contribution < 1.29 is 19.4 Å². The van der Waals surface area contributed by atoms with Gasteiger partial charge in [-0.2, -0.15) is 0 Å². The number of aliphatic carboxylic acids is 1. The molecule has 0 amide bonds. The molecule has 2 rings (SSSR count). The lowest BCUT2D eigenvalue weighted by Crippen LogP contribution is -2.34. The summed E-state index contributed by atoms with van der Waals surface area (Å²) in [7, 11) is 3.12. The summed E-state index contributed by atoms with van der Waals surface area (Å²) in [4.78, 5) is 11.9. The van der Waals surface area contributed by atoms with Crippen molar-refractivity contribution >= 4 is 17.6 Å². The van der Waals surface area contributed by atoms with E-state index in [-0.39, 0.29) is 0 Å². The van der Waals surface area contributed by atoms with Gasteiger partial charge in [0.2, 0.25) is 0 Å². The average molecular weight is 299 g/mol. The van der Waals surface area contributed by atoms with E-state index in [0.29, 0.717) is 30.2 Å². The number of ether oxygens (including phenoxy) is 2. The van der Waals surface area contributed by atoms with Crippen LogP contribution in [0.2, 0.25) is 5.02 Å². The lowest BCUT2D eigenvalue weighted by Gasteiger charge is -2.29. The van der Waals surface area contributed by atoms with Gasteiger partial charge >= 0.3 is 5.97 Å². The maximum Gasteiger partial charge on any atom is 0.314 e. The fourth-order valence-corrected chi connectivity index (χ4v) is 3.39. The van der Waals surface area contributed by atoms with Gasteiger partial charge in [-0.25, -0.2) is 0 Å². The molecule has 1 fully saturated rings.